The normalized spacial score (nSPS) is 9.57. The first-order valence-corrected chi connectivity index (χ1v) is 4.65. The van der Waals surface area contributed by atoms with Gasteiger partial charge in [-0.15, -0.1) is 6.42 Å². The molecule has 0 amide bonds. The van der Waals surface area contributed by atoms with Crippen LogP contribution in [0.3, 0.4) is 0 Å². The van der Waals surface area contributed by atoms with Crippen molar-refractivity contribution >= 4 is 23.0 Å². The highest BCUT2D eigenvalue weighted by atomic mass is 35.5. The van der Waals surface area contributed by atoms with Gasteiger partial charge in [-0.05, 0) is 24.6 Å². The number of nitrogens with zero attached hydrogens (tertiary/aromatic N) is 1. The van der Waals surface area contributed by atoms with E-state index >= 15 is 0 Å². The van der Waals surface area contributed by atoms with Gasteiger partial charge in [0.2, 0.25) is 0 Å². The van der Waals surface area contributed by atoms with Crippen molar-refractivity contribution in [1.82, 2.24) is 0 Å². The molecule has 0 aliphatic rings. The van der Waals surface area contributed by atoms with Crippen molar-refractivity contribution in [3.63, 3.8) is 0 Å². The van der Waals surface area contributed by atoms with Gasteiger partial charge in [0.05, 0.1) is 17.9 Å². The second kappa shape index (κ2) is 4.26. The van der Waals surface area contributed by atoms with Crippen molar-refractivity contribution in [2.45, 2.75) is 6.92 Å². The summed E-state index contributed by atoms with van der Waals surface area (Å²) in [5, 5.41) is 0.707. The van der Waals surface area contributed by atoms with E-state index in [1.807, 2.05) is 18.9 Å². The van der Waals surface area contributed by atoms with Crippen LogP contribution in [0, 0.1) is 19.3 Å². The highest BCUT2D eigenvalue weighted by molar-refractivity contribution is 6.31. The van der Waals surface area contributed by atoms with E-state index in [-0.39, 0.29) is 0 Å². The Morgan fingerprint density at radius 1 is 1.57 bits per heavy atom. The zero-order valence-corrected chi connectivity index (χ0v) is 9.10. The molecule has 1 aromatic carbocycles. The molecule has 0 heterocycles. The Hall–Kier alpha value is -1.33. The van der Waals surface area contributed by atoms with E-state index in [9.17, 15) is 0 Å². The van der Waals surface area contributed by atoms with Gasteiger partial charge in [0.25, 0.3) is 0 Å². The lowest BCUT2D eigenvalue weighted by Crippen LogP contribution is -2.19. The molecule has 0 saturated heterocycles. The number of nitrogens with two attached hydrogens (primary N) is 1. The monoisotopic (exact) mass is 208 g/mol. The first-order chi connectivity index (χ1) is 6.57. The van der Waals surface area contributed by atoms with Gasteiger partial charge in [-0.25, -0.2) is 0 Å². The number of rotatable bonds is 2. The fraction of sp³-hybridized carbons (Fsp3) is 0.273. The molecule has 0 aliphatic heterocycles. The van der Waals surface area contributed by atoms with Crippen molar-refractivity contribution < 1.29 is 0 Å². The standard InChI is InChI=1S/C11H13ClN2/c1-4-7-14(3)11-8(2)9(12)5-6-10(11)13/h1,5-6H,7,13H2,2-3H3. The lowest BCUT2D eigenvalue weighted by atomic mass is 10.1. The van der Waals surface area contributed by atoms with E-state index in [1.54, 1.807) is 12.1 Å². The van der Waals surface area contributed by atoms with Gasteiger partial charge >= 0.3 is 0 Å². The second-order valence-corrected chi connectivity index (χ2v) is 3.58. The van der Waals surface area contributed by atoms with Gasteiger partial charge in [0, 0.05) is 12.1 Å². The Kier molecular flexibility index (Phi) is 3.27. The third kappa shape index (κ3) is 1.94. The SMILES string of the molecule is C#CCN(C)c1c(N)ccc(Cl)c1C. The molecule has 74 valence electrons. The minimum Gasteiger partial charge on any atom is -0.397 e. The van der Waals surface area contributed by atoms with Gasteiger partial charge in [0.1, 0.15) is 0 Å². The zero-order valence-electron chi connectivity index (χ0n) is 8.34. The van der Waals surface area contributed by atoms with Crippen LogP contribution in [0.25, 0.3) is 0 Å². The molecular weight excluding hydrogens is 196 g/mol. The summed E-state index contributed by atoms with van der Waals surface area (Å²) in [6.45, 7) is 2.45. The molecular formula is C11H13ClN2. The van der Waals surface area contributed by atoms with Gasteiger partial charge in [0.15, 0.2) is 0 Å². The number of benzene rings is 1. The van der Waals surface area contributed by atoms with Crippen LogP contribution < -0.4 is 10.6 Å². The van der Waals surface area contributed by atoms with Crippen molar-refractivity contribution in [3.05, 3.63) is 22.7 Å². The maximum Gasteiger partial charge on any atom is 0.0789 e. The number of terminal acetylenes is 1. The Morgan fingerprint density at radius 3 is 2.79 bits per heavy atom. The minimum atomic E-state index is 0.519. The van der Waals surface area contributed by atoms with Crippen LogP contribution in [-0.4, -0.2) is 13.6 Å². The van der Waals surface area contributed by atoms with E-state index in [4.69, 9.17) is 23.8 Å². The Bertz CT molecular complexity index is 380. The molecule has 0 aliphatic carbocycles. The lowest BCUT2D eigenvalue weighted by Gasteiger charge is -2.21. The van der Waals surface area contributed by atoms with Crippen LogP contribution >= 0.6 is 11.6 Å². The van der Waals surface area contributed by atoms with E-state index in [0.717, 1.165) is 11.3 Å². The van der Waals surface area contributed by atoms with Crippen molar-refractivity contribution in [2.75, 3.05) is 24.2 Å². The molecule has 14 heavy (non-hydrogen) atoms. The van der Waals surface area contributed by atoms with Crippen molar-refractivity contribution in [3.8, 4) is 12.3 Å². The fourth-order valence-corrected chi connectivity index (χ4v) is 1.57. The molecule has 0 saturated carbocycles. The van der Waals surface area contributed by atoms with Crippen LogP contribution in [0.2, 0.25) is 5.02 Å². The summed E-state index contributed by atoms with van der Waals surface area (Å²) in [6, 6.07) is 3.58. The van der Waals surface area contributed by atoms with Crippen molar-refractivity contribution in [1.29, 1.82) is 0 Å². The van der Waals surface area contributed by atoms with Crippen LogP contribution in [0.1, 0.15) is 5.56 Å². The molecule has 0 bridgehead atoms. The van der Waals surface area contributed by atoms with Gasteiger partial charge < -0.3 is 10.6 Å². The smallest absolute Gasteiger partial charge is 0.0789 e. The summed E-state index contributed by atoms with van der Waals surface area (Å²) >= 11 is 6.00. The van der Waals surface area contributed by atoms with Crippen LogP contribution in [0.4, 0.5) is 11.4 Å². The largest absolute Gasteiger partial charge is 0.397 e. The quantitative estimate of drug-likeness (QED) is 0.597. The highest BCUT2D eigenvalue weighted by Gasteiger charge is 2.10. The lowest BCUT2D eigenvalue weighted by molar-refractivity contribution is 1.04. The maximum atomic E-state index is 6.00. The summed E-state index contributed by atoms with van der Waals surface area (Å²) in [5.41, 5.74) is 8.43. The molecule has 2 N–H and O–H groups in total. The number of halogens is 1. The summed E-state index contributed by atoms with van der Waals surface area (Å²) in [6.07, 6.45) is 5.24. The number of hydrogen-bond acceptors (Lipinski definition) is 2. The van der Waals surface area contributed by atoms with Gasteiger partial charge in [-0.3, -0.25) is 0 Å². The second-order valence-electron chi connectivity index (χ2n) is 3.17. The first-order valence-electron chi connectivity index (χ1n) is 4.27. The van der Waals surface area contributed by atoms with Crippen LogP contribution in [-0.2, 0) is 0 Å². The van der Waals surface area contributed by atoms with Gasteiger partial charge in [-0.2, -0.15) is 0 Å². The van der Waals surface area contributed by atoms with Crippen molar-refractivity contribution in [2.24, 2.45) is 0 Å². The van der Waals surface area contributed by atoms with Crippen LogP contribution in [0.5, 0.6) is 0 Å². The van der Waals surface area contributed by atoms with Crippen LogP contribution in [0.15, 0.2) is 12.1 Å². The first kappa shape index (κ1) is 10.7. The maximum absolute atomic E-state index is 6.00. The fourth-order valence-electron chi connectivity index (χ4n) is 1.42. The van der Waals surface area contributed by atoms with E-state index in [2.05, 4.69) is 5.92 Å². The summed E-state index contributed by atoms with van der Waals surface area (Å²) < 4.78 is 0. The zero-order chi connectivity index (χ0) is 10.7. The molecule has 1 rings (SSSR count). The summed E-state index contributed by atoms with van der Waals surface area (Å²) in [4.78, 5) is 1.91. The predicted molar refractivity (Wildman–Crippen MR) is 62.7 cm³/mol. The third-order valence-electron chi connectivity index (χ3n) is 2.11. The Morgan fingerprint density at radius 2 is 2.21 bits per heavy atom. The Balaban J connectivity index is 3.19. The molecule has 1 aromatic rings. The molecule has 3 heteroatoms. The molecule has 0 unspecified atom stereocenters. The number of nitrogen functional groups attached to an aromatic ring is 1. The molecule has 0 atom stereocenters. The average Bonchev–Trinajstić information content (AvgIpc) is 2.13. The Labute approximate surface area is 89.7 Å². The van der Waals surface area contributed by atoms with E-state index in [1.165, 1.54) is 0 Å². The molecule has 0 radical (unpaired) electrons. The molecule has 0 fully saturated rings. The average molecular weight is 209 g/mol. The summed E-state index contributed by atoms with van der Waals surface area (Å²) in [5.74, 6) is 2.57. The number of anilines is 2. The van der Waals surface area contributed by atoms with E-state index in [0.29, 0.717) is 17.3 Å². The topological polar surface area (TPSA) is 29.3 Å². The molecule has 0 aromatic heterocycles. The van der Waals surface area contributed by atoms with Gasteiger partial charge in [-0.1, -0.05) is 17.5 Å². The number of hydrogen-bond donors (Lipinski definition) is 1. The molecule has 0 spiro atoms. The van der Waals surface area contributed by atoms with E-state index < -0.39 is 0 Å². The minimum absolute atomic E-state index is 0.519. The highest BCUT2D eigenvalue weighted by Crippen LogP contribution is 2.31. The molecule has 2 nitrogen and oxygen atoms in total. The predicted octanol–water partition coefficient (Wildman–Crippen LogP) is 2.30. The third-order valence-corrected chi connectivity index (χ3v) is 2.52. The summed E-state index contributed by atoms with van der Waals surface area (Å²) in [7, 11) is 1.90.